The fourth-order valence-corrected chi connectivity index (χ4v) is 4.69. The number of hydrogen-bond acceptors (Lipinski definition) is 5. The van der Waals surface area contributed by atoms with Crippen LogP contribution in [0.3, 0.4) is 0 Å². The largest absolute Gasteiger partial charge is 0.478 e. The maximum absolute atomic E-state index is 13.2. The molecule has 0 spiro atoms. The van der Waals surface area contributed by atoms with Crippen molar-refractivity contribution in [3.05, 3.63) is 57.9 Å². The van der Waals surface area contributed by atoms with E-state index in [0.29, 0.717) is 17.9 Å². The van der Waals surface area contributed by atoms with Gasteiger partial charge in [-0.25, -0.2) is 4.98 Å². The van der Waals surface area contributed by atoms with Crippen molar-refractivity contribution in [2.24, 2.45) is 0 Å². The van der Waals surface area contributed by atoms with Gasteiger partial charge in [0.25, 0.3) is 5.91 Å². The monoisotopic (exact) mass is 463 g/mol. The highest BCUT2D eigenvalue weighted by Gasteiger charge is 2.35. The van der Waals surface area contributed by atoms with Crippen molar-refractivity contribution in [3.63, 3.8) is 0 Å². The van der Waals surface area contributed by atoms with Crippen LogP contribution in [0, 0.1) is 13.8 Å². The number of rotatable bonds is 6. The Hall–Kier alpha value is -3.19. The molecule has 3 aromatic rings. The Kier molecular flexibility index (Phi) is 6.51. The highest BCUT2D eigenvalue weighted by molar-refractivity contribution is 7.09. The van der Waals surface area contributed by atoms with Crippen molar-refractivity contribution in [2.75, 3.05) is 16.8 Å². The van der Waals surface area contributed by atoms with E-state index in [-0.39, 0.29) is 24.3 Å². The molecule has 2 amide bonds. The van der Waals surface area contributed by atoms with Crippen LogP contribution in [0.4, 0.5) is 11.4 Å². The average Bonchev–Trinajstić information content (AvgIpc) is 3.22. The first-order valence-corrected chi connectivity index (χ1v) is 12.1. The Bertz CT molecular complexity index is 1200. The second-order valence-corrected chi connectivity index (χ2v) is 9.68. The number of para-hydroxylation sites is 1. The molecule has 0 aliphatic carbocycles. The number of benzene rings is 2. The van der Waals surface area contributed by atoms with E-state index in [9.17, 15) is 9.59 Å². The Morgan fingerprint density at radius 3 is 2.70 bits per heavy atom. The van der Waals surface area contributed by atoms with Crippen LogP contribution in [0.1, 0.15) is 49.2 Å². The number of ether oxygens (including phenoxy) is 1. The number of carbonyl (C=O) groups is 2. The van der Waals surface area contributed by atoms with Gasteiger partial charge in [-0.05, 0) is 55.5 Å². The summed E-state index contributed by atoms with van der Waals surface area (Å²) in [4.78, 5) is 32.5. The number of carbonyl (C=O) groups excluding carboxylic acids is 2. The zero-order chi connectivity index (χ0) is 23.7. The van der Waals surface area contributed by atoms with E-state index >= 15 is 0 Å². The SMILES string of the molecule is CCC1Oc2ccc(-c3csc(C)n3)cc2N(CC(=O)Nc2c(C)cccc2C(C)C)C1=O. The lowest BCUT2D eigenvalue weighted by Crippen LogP contribution is -2.48. The second-order valence-electron chi connectivity index (χ2n) is 8.62. The van der Waals surface area contributed by atoms with Crippen molar-refractivity contribution < 1.29 is 14.3 Å². The molecule has 33 heavy (non-hydrogen) atoms. The molecule has 0 fully saturated rings. The summed E-state index contributed by atoms with van der Waals surface area (Å²) < 4.78 is 5.95. The van der Waals surface area contributed by atoms with Gasteiger partial charge in [0.05, 0.1) is 16.4 Å². The topological polar surface area (TPSA) is 71.5 Å². The smallest absolute Gasteiger partial charge is 0.268 e. The molecule has 2 heterocycles. The summed E-state index contributed by atoms with van der Waals surface area (Å²) in [6.45, 7) is 9.95. The van der Waals surface area contributed by atoms with Crippen LogP contribution in [0.2, 0.25) is 0 Å². The van der Waals surface area contributed by atoms with Crippen LogP contribution in [-0.4, -0.2) is 29.4 Å². The number of nitrogens with zero attached hydrogens (tertiary/aromatic N) is 2. The number of hydrogen-bond donors (Lipinski definition) is 1. The van der Waals surface area contributed by atoms with Crippen LogP contribution >= 0.6 is 11.3 Å². The Balaban J connectivity index is 1.66. The van der Waals surface area contributed by atoms with E-state index in [0.717, 1.165) is 33.1 Å². The van der Waals surface area contributed by atoms with E-state index in [2.05, 4.69) is 24.1 Å². The number of anilines is 2. The van der Waals surface area contributed by atoms with Crippen molar-refractivity contribution in [1.82, 2.24) is 4.98 Å². The Labute approximate surface area is 198 Å². The van der Waals surface area contributed by atoms with Crippen molar-refractivity contribution in [2.45, 2.75) is 53.1 Å². The lowest BCUT2D eigenvalue weighted by atomic mass is 9.98. The summed E-state index contributed by atoms with van der Waals surface area (Å²) in [5, 5.41) is 6.01. The first-order valence-electron chi connectivity index (χ1n) is 11.2. The first-order chi connectivity index (χ1) is 15.8. The molecule has 1 N–H and O–H groups in total. The molecule has 1 aliphatic heterocycles. The molecule has 0 radical (unpaired) electrons. The number of aromatic nitrogens is 1. The number of fused-ring (bicyclic) bond motifs is 1. The fourth-order valence-electron chi connectivity index (χ4n) is 4.07. The van der Waals surface area contributed by atoms with E-state index in [4.69, 9.17) is 4.74 Å². The minimum atomic E-state index is -0.609. The highest BCUT2D eigenvalue weighted by atomic mass is 32.1. The van der Waals surface area contributed by atoms with Crippen LogP contribution < -0.4 is 15.0 Å². The third-order valence-electron chi connectivity index (χ3n) is 5.84. The molecular formula is C26H29N3O3S. The van der Waals surface area contributed by atoms with Gasteiger partial charge in [0.2, 0.25) is 5.91 Å². The maximum atomic E-state index is 13.2. The molecule has 0 saturated heterocycles. The highest BCUT2D eigenvalue weighted by Crippen LogP contribution is 2.38. The van der Waals surface area contributed by atoms with Gasteiger partial charge >= 0.3 is 0 Å². The number of amides is 2. The standard InChI is InChI=1S/C26H29N3O3S/c1-6-22-26(31)29(13-24(30)28-25-16(4)8-7-9-19(25)15(2)3)21-12-18(10-11-23(21)32-22)20-14-33-17(5)27-20/h7-12,14-15,22H,6,13H2,1-5H3,(H,28,30). The second kappa shape index (κ2) is 9.35. The third kappa shape index (κ3) is 4.64. The molecule has 0 bridgehead atoms. The average molecular weight is 464 g/mol. The Morgan fingerprint density at radius 2 is 2.03 bits per heavy atom. The molecule has 1 aliphatic rings. The normalized spacial score (nSPS) is 15.4. The van der Waals surface area contributed by atoms with Crippen LogP contribution in [0.25, 0.3) is 11.3 Å². The molecule has 1 atom stereocenters. The van der Waals surface area contributed by atoms with Crippen molar-refractivity contribution >= 4 is 34.5 Å². The Morgan fingerprint density at radius 1 is 1.24 bits per heavy atom. The minimum absolute atomic E-state index is 0.0862. The van der Waals surface area contributed by atoms with Crippen LogP contribution in [-0.2, 0) is 9.59 Å². The molecule has 1 aromatic heterocycles. The number of aryl methyl sites for hydroxylation is 2. The summed E-state index contributed by atoms with van der Waals surface area (Å²) in [5.41, 5.74) is 5.21. The molecule has 4 rings (SSSR count). The number of thiazole rings is 1. The number of nitrogens with one attached hydrogen (secondary N) is 1. The zero-order valence-corrected chi connectivity index (χ0v) is 20.5. The molecule has 2 aromatic carbocycles. The van der Waals surface area contributed by atoms with E-state index in [1.807, 2.05) is 62.5 Å². The minimum Gasteiger partial charge on any atom is -0.478 e. The lowest BCUT2D eigenvalue weighted by Gasteiger charge is -2.34. The molecule has 172 valence electrons. The van der Waals surface area contributed by atoms with E-state index in [1.54, 1.807) is 16.2 Å². The summed E-state index contributed by atoms with van der Waals surface area (Å²) in [6.07, 6.45) is -0.0824. The maximum Gasteiger partial charge on any atom is 0.268 e. The van der Waals surface area contributed by atoms with Gasteiger partial charge in [0.15, 0.2) is 6.10 Å². The predicted octanol–water partition coefficient (Wildman–Crippen LogP) is 5.69. The van der Waals surface area contributed by atoms with E-state index in [1.165, 1.54) is 0 Å². The van der Waals surface area contributed by atoms with Gasteiger partial charge in [-0.15, -0.1) is 11.3 Å². The van der Waals surface area contributed by atoms with Gasteiger partial charge in [0.1, 0.15) is 12.3 Å². The quantitative estimate of drug-likeness (QED) is 0.510. The van der Waals surface area contributed by atoms with Gasteiger partial charge in [-0.2, -0.15) is 0 Å². The summed E-state index contributed by atoms with van der Waals surface area (Å²) in [7, 11) is 0. The molecule has 0 saturated carbocycles. The van der Waals surface area contributed by atoms with Crippen molar-refractivity contribution in [1.29, 1.82) is 0 Å². The predicted molar refractivity (Wildman–Crippen MR) is 133 cm³/mol. The molecule has 1 unspecified atom stereocenters. The summed E-state index contributed by atoms with van der Waals surface area (Å²) in [6, 6.07) is 11.7. The van der Waals surface area contributed by atoms with Crippen LogP contribution in [0.5, 0.6) is 5.75 Å². The fraction of sp³-hybridized carbons (Fsp3) is 0.346. The van der Waals surface area contributed by atoms with Gasteiger partial charge in [-0.1, -0.05) is 39.0 Å². The van der Waals surface area contributed by atoms with Gasteiger partial charge in [0, 0.05) is 16.6 Å². The lowest BCUT2D eigenvalue weighted by molar-refractivity contribution is -0.128. The van der Waals surface area contributed by atoms with Gasteiger partial charge < -0.3 is 10.1 Å². The first kappa shape index (κ1) is 23.0. The van der Waals surface area contributed by atoms with Gasteiger partial charge in [-0.3, -0.25) is 14.5 Å². The zero-order valence-electron chi connectivity index (χ0n) is 19.6. The van der Waals surface area contributed by atoms with Crippen LogP contribution in [0.15, 0.2) is 41.8 Å². The van der Waals surface area contributed by atoms with E-state index < -0.39 is 6.10 Å². The third-order valence-corrected chi connectivity index (χ3v) is 6.61. The summed E-state index contributed by atoms with van der Waals surface area (Å²) >= 11 is 1.57. The molecule has 6 nitrogen and oxygen atoms in total. The van der Waals surface area contributed by atoms with Crippen molar-refractivity contribution in [3.8, 4) is 17.0 Å². The molecular weight excluding hydrogens is 434 g/mol. The molecule has 7 heteroatoms. The summed E-state index contributed by atoms with van der Waals surface area (Å²) in [5.74, 6) is 0.418.